The SMILES string of the molecule is COc1ccccc1NN=C(C#N)C(N)=S. The molecule has 0 unspecified atom stereocenters. The Kier molecular flexibility index (Phi) is 4.24. The molecule has 0 spiro atoms. The van der Waals surface area contributed by atoms with E-state index in [4.69, 9.17) is 15.7 Å². The van der Waals surface area contributed by atoms with Crippen LogP contribution in [-0.4, -0.2) is 17.8 Å². The molecule has 1 rings (SSSR count). The number of rotatable bonds is 4. The van der Waals surface area contributed by atoms with Crippen LogP contribution >= 0.6 is 12.2 Å². The topological polar surface area (TPSA) is 83.4 Å². The van der Waals surface area contributed by atoms with Gasteiger partial charge in [-0.1, -0.05) is 24.4 Å². The van der Waals surface area contributed by atoms with Crippen LogP contribution in [0.5, 0.6) is 5.75 Å². The summed E-state index contributed by atoms with van der Waals surface area (Å²) in [6.07, 6.45) is 0. The van der Waals surface area contributed by atoms with Crippen molar-refractivity contribution in [2.45, 2.75) is 0 Å². The van der Waals surface area contributed by atoms with Crippen molar-refractivity contribution in [3.63, 3.8) is 0 Å². The van der Waals surface area contributed by atoms with E-state index in [1.807, 2.05) is 12.1 Å². The molecule has 1 aromatic rings. The molecule has 0 heterocycles. The van der Waals surface area contributed by atoms with Gasteiger partial charge in [0.1, 0.15) is 16.8 Å². The first-order valence-electron chi connectivity index (χ1n) is 4.35. The lowest BCUT2D eigenvalue weighted by atomic mass is 10.3. The van der Waals surface area contributed by atoms with Gasteiger partial charge in [-0.05, 0) is 12.1 Å². The fourth-order valence-electron chi connectivity index (χ4n) is 0.988. The Balaban J connectivity index is 2.89. The van der Waals surface area contributed by atoms with E-state index in [0.29, 0.717) is 11.4 Å². The standard InChI is InChI=1S/C10H10N4OS/c1-15-9-5-3-2-4-7(9)13-14-8(6-11)10(12)16/h2-5,13H,1H3,(H2,12,16). The number of nitriles is 1. The van der Waals surface area contributed by atoms with Crippen molar-refractivity contribution in [1.29, 1.82) is 5.26 Å². The molecule has 0 atom stereocenters. The average molecular weight is 234 g/mol. The van der Waals surface area contributed by atoms with Crippen LogP contribution < -0.4 is 15.9 Å². The molecule has 0 aliphatic heterocycles. The minimum Gasteiger partial charge on any atom is -0.495 e. The zero-order valence-electron chi connectivity index (χ0n) is 8.60. The number of benzene rings is 1. The second-order valence-electron chi connectivity index (χ2n) is 2.75. The maximum Gasteiger partial charge on any atom is 0.194 e. The molecule has 0 aromatic heterocycles. The highest BCUT2D eigenvalue weighted by molar-refractivity contribution is 7.82. The number of hydrogen-bond donors (Lipinski definition) is 2. The van der Waals surface area contributed by atoms with E-state index in [-0.39, 0.29) is 10.7 Å². The Morgan fingerprint density at radius 1 is 1.56 bits per heavy atom. The third kappa shape index (κ3) is 2.93. The Hall–Kier alpha value is -2.13. The molecule has 6 heteroatoms. The van der Waals surface area contributed by atoms with Crippen LogP contribution in [0.2, 0.25) is 0 Å². The number of nitrogens with zero attached hydrogens (tertiary/aromatic N) is 2. The number of hydrogen-bond acceptors (Lipinski definition) is 5. The molecular formula is C10H10N4OS. The van der Waals surface area contributed by atoms with Crippen molar-refractivity contribution >= 4 is 28.6 Å². The summed E-state index contributed by atoms with van der Waals surface area (Å²) >= 11 is 4.65. The lowest BCUT2D eigenvalue weighted by molar-refractivity contribution is 0.416. The van der Waals surface area contributed by atoms with Crippen molar-refractivity contribution in [3.05, 3.63) is 24.3 Å². The first-order chi connectivity index (χ1) is 7.69. The average Bonchev–Trinajstić information content (AvgIpc) is 2.30. The minimum atomic E-state index is -0.0510. The molecule has 0 saturated heterocycles. The monoisotopic (exact) mass is 234 g/mol. The Bertz CT molecular complexity index is 464. The molecule has 3 N–H and O–H groups in total. The Morgan fingerprint density at radius 2 is 2.25 bits per heavy atom. The van der Waals surface area contributed by atoms with Crippen LogP contribution in [0.1, 0.15) is 0 Å². The molecule has 0 amide bonds. The predicted octanol–water partition coefficient (Wildman–Crippen LogP) is 1.27. The van der Waals surface area contributed by atoms with Gasteiger partial charge in [-0.15, -0.1) is 0 Å². The van der Waals surface area contributed by atoms with Crippen molar-refractivity contribution < 1.29 is 4.74 Å². The molecule has 0 aliphatic carbocycles. The van der Waals surface area contributed by atoms with Gasteiger partial charge in [-0.3, -0.25) is 5.43 Å². The lowest BCUT2D eigenvalue weighted by Gasteiger charge is -2.06. The molecule has 82 valence electrons. The fourth-order valence-corrected chi connectivity index (χ4v) is 1.08. The van der Waals surface area contributed by atoms with Gasteiger partial charge >= 0.3 is 0 Å². The lowest BCUT2D eigenvalue weighted by Crippen LogP contribution is -2.20. The van der Waals surface area contributed by atoms with Crippen molar-refractivity contribution in [3.8, 4) is 11.8 Å². The molecule has 0 saturated carbocycles. The summed E-state index contributed by atoms with van der Waals surface area (Å²) in [5, 5.41) is 12.5. The predicted molar refractivity (Wildman–Crippen MR) is 66.5 cm³/mol. The number of anilines is 1. The quantitative estimate of drug-likeness (QED) is 0.465. The summed E-state index contributed by atoms with van der Waals surface area (Å²) in [4.78, 5) is -0.0510. The highest BCUT2D eigenvalue weighted by Gasteiger charge is 2.03. The maximum atomic E-state index is 8.68. The summed E-state index contributed by atoms with van der Waals surface area (Å²) in [6, 6.07) is 8.96. The largest absolute Gasteiger partial charge is 0.495 e. The van der Waals surface area contributed by atoms with E-state index in [0.717, 1.165) is 0 Å². The minimum absolute atomic E-state index is 0.0269. The molecule has 16 heavy (non-hydrogen) atoms. The smallest absolute Gasteiger partial charge is 0.194 e. The first-order valence-corrected chi connectivity index (χ1v) is 4.76. The zero-order chi connectivity index (χ0) is 12.0. The highest BCUT2D eigenvalue weighted by Crippen LogP contribution is 2.22. The van der Waals surface area contributed by atoms with Crippen molar-refractivity contribution in [2.75, 3.05) is 12.5 Å². The molecule has 0 fully saturated rings. The number of methoxy groups -OCH3 is 1. The fraction of sp³-hybridized carbons (Fsp3) is 0.100. The van der Waals surface area contributed by atoms with Crippen molar-refractivity contribution in [2.24, 2.45) is 10.8 Å². The van der Waals surface area contributed by atoms with Gasteiger partial charge < -0.3 is 10.5 Å². The highest BCUT2D eigenvalue weighted by atomic mass is 32.1. The molecule has 0 bridgehead atoms. The summed E-state index contributed by atoms with van der Waals surface area (Å²) in [5.41, 5.74) is 8.56. The van der Waals surface area contributed by atoms with Crippen LogP contribution in [0.15, 0.2) is 29.4 Å². The van der Waals surface area contributed by atoms with Crippen LogP contribution in [0.4, 0.5) is 5.69 Å². The first kappa shape index (κ1) is 11.9. The number of thiocarbonyl (C=S) groups is 1. The van der Waals surface area contributed by atoms with Gasteiger partial charge in [-0.25, -0.2) is 0 Å². The van der Waals surface area contributed by atoms with Gasteiger partial charge in [0.15, 0.2) is 5.71 Å². The second-order valence-corrected chi connectivity index (χ2v) is 3.19. The van der Waals surface area contributed by atoms with E-state index in [1.165, 1.54) is 0 Å². The molecule has 0 radical (unpaired) electrons. The number of nitrogens with one attached hydrogen (secondary N) is 1. The van der Waals surface area contributed by atoms with E-state index < -0.39 is 0 Å². The van der Waals surface area contributed by atoms with E-state index >= 15 is 0 Å². The number of ether oxygens (including phenoxy) is 1. The van der Waals surface area contributed by atoms with Crippen LogP contribution in [0, 0.1) is 11.3 Å². The van der Waals surface area contributed by atoms with Crippen LogP contribution in [0.25, 0.3) is 0 Å². The summed E-state index contributed by atoms with van der Waals surface area (Å²) in [6.45, 7) is 0. The number of hydrazone groups is 1. The molecular weight excluding hydrogens is 224 g/mol. The summed E-state index contributed by atoms with van der Waals surface area (Å²) < 4.78 is 5.09. The molecule has 5 nitrogen and oxygen atoms in total. The Morgan fingerprint density at radius 3 is 2.81 bits per heavy atom. The van der Waals surface area contributed by atoms with Gasteiger partial charge in [0.2, 0.25) is 0 Å². The molecule has 0 aliphatic rings. The summed E-state index contributed by atoms with van der Waals surface area (Å²) in [5.74, 6) is 0.617. The van der Waals surface area contributed by atoms with Crippen LogP contribution in [-0.2, 0) is 0 Å². The van der Waals surface area contributed by atoms with E-state index in [2.05, 4.69) is 22.7 Å². The van der Waals surface area contributed by atoms with Gasteiger partial charge in [0.25, 0.3) is 0 Å². The third-order valence-electron chi connectivity index (χ3n) is 1.73. The summed E-state index contributed by atoms with van der Waals surface area (Å²) in [7, 11) is 1.54. The van der Waals surface area contributed by atoms with Crippen molar-refractivity contribution in [1.82, 2.24) is 0 Å². The second kappa shape index (κ2) is 5.68. The zero-order valence-corrected chi connectivity index (χ0v) is 9.41. The van der Waals surface area contributed by atoms with E-state index in [9.17, 15) is 0 Å². The van der Waals surface area contributed by atoms with Gasteiger partial charge in [0, 0.05) is 0 Å². The number of nitrogens with two attached hydrogens (primary N) is 1. The Labute approximate surface area is 98.5 Å². The normalized spacial score (nSPS) is 10.4. The van der Waals surface area contributed by atoms with Gasteiger partial charge in [0.05, 0.1) is 12.8 Å². The van der Waals surface area contributed by atoms with Gasteiger partial charge in [-0.2, -0.15) is 10.4 Å². The molecule has 1 aromatic carbocycles. The maximum absolute atomic E-state index is 8.68. The van der Waals surface area contributed by atoms with Crippen LogP contribution in [0.3, 0.4) is 0 Å². The third-order valence-corrected chi connectivity index (χ3v) is 1.93. The van der Waals surface area contributed by atoms with E-state index in [1.54, 1.807) is 25.3 Å². The number of para-hydroxylation sites is 2.